The van der Waals surface area contributed by atoms with Gasteiger partial charge < -0.3 is 10.1 Å². The van der Waals surface area contributed by atoms with Crippen LogP contribution in [0.1, 0.15) is 5.56 Å². The van der Waals surface area contributed by atoms with Gasteiger partial charge in [-0.05, 0) is 59.3 Å². The number of aromatic nitrogens is 3. The van der Waals surface area contributed by atoms with Gasteiger partial charge in [-0.1, -0.05) is 0 Å². The van der Waals surface area contributed by atoms with Gasteiger partial charge in [-0.15, -0.1) is 0 Å². The number of hydrogen-bond donors (Lipinski definition) is 2. The summed E-state index contributed by atoms with van der Waals surface area (Å²) in [5, 5.41) is 9.88. The lowest BCUT2D eigenvalue weighted by Gasteiger charge is -2.01. The summed E-state index contributed by atoms with van der Waals surface area (Å²) in [6.07, 6.45) is 1.78. The lowest BCUT2D eigenvalue weighted by Crippen LogP contribution is -1.83. The highest BCUT2D eigenvalue weighted by atomic mass is 127. The summed E-state index contributed by atoms with van der Waals surface area (Å²) in [5.74, 6) is 0.852. The van der Waals surface area contributed by atoms with Crippen molar-refractivity contribution in [2.24, 2.45) is 0 Å². The zero-order chi connectivity index (χ0) is 12.7. The number of benzene rings is 1. The second-order valence-electron chi connectivity index (χ2n) is 4.13. The third-order valence-electron chi connectivity index (χ3n) is 2.69. The van der Waals surface area contributed by atoms with Gasteiger partial charge >= 0.3 is 0 Å². The molecule has 2 heterocycles. The molecule has 0 aliphatic carbocycles. The van der Waals surface area contributed by atoms with E-state index in [2.05, 4.69) is 37.5 Å². The van der Waals surface area contributed by atoms with Gasteiger partial charge in [0.05, 0.1) is 11.1 Å². The van der Waals surface area contributed by atoms with Crippen LogP contribution < -0.4 is 0 Å². The maximum Gasteiger partial charge on any atom is 0.178 e. The summed E-state index contributed by atoms with van der Waals surface area (Å²) in [6.45, 7) is 1.98. The summed E-state index contributed by atoms with van der Waals surface area (Å²) < 4.78 is 1.05. The first-order valence-corrected chi connectivity index (χ1v) is 6.52. The van der Waals surface area contributed by atoms with Crippen LogP contribution in [0.3, 0.4) is 0 Å². The molecule has 90 valence electrons. The minimum atomic E-state index is 0.214. The number of H-pyrrole nitrogens is 1. The Morgan fingerprint density at radius 3 is 2.94 bits per heavy atom. The Morgan fingerprint density at radius 2 is 2.11 bits per heavy atom. The number of hydrogen-bond acceptors (Lipinski definition) is 3. The number of halogens is 1. The summed E-state index contributed by atoms with van der Waals surface area (Å²) in [6, 6.07) is 7.40. The largest absolute Gasteiger partial charge is 0.507 e. The van der Waals surface area contributed by atoms with E-state index in [0.717, 1.165) is 14.7 Å². The van der Waals surface area contributed by atoms with Crippen molar-refractivity contribution in [2.75, 3.05) is 0 Å². The molecule has 0 spiro atoms. The number of phenols is 1. The standard InChI is InChI=1S/C13H10IN3O/c1-7-4-10-13(15-6-7)17-12(16-10)9-5-8(14)2-3-11(9)18/h2-6,18H,1H3,(H,15,16,17). The molecule has 0 aliphatic rings. The van der Waals surface area contributed by atoms with E-state index in [-0.39, 0.29) is 5.75 Å². The van der Waals surface area contributed by atoms with Gasteiger partial charge in [-0.25, -0.2) is 9.97 Å². The van der Waals surface area contributed by atoms with Gasteiger partial charge in [0, 0.05) is 9.77 Å². The van der Waals surface area contributed by atoms with E-state index in [1.54, 1.807) is 12.3 Å². The lowest BCUT2D eigenvalue weighted by atomic mass is 10.2. The van der Waals surface area contributed by atoms with Crippen LogP contribution >= 0.6 is 22.6 Å². The van der Waals surface area contributed by atoms with E-state index in [1.165, 1.54) is 0 Å². The Morgan fingerprint density at radius 1 is 1.28 bits per heavy atom. The molecule has 0 aliphatic heterocycles. The van der Waals surface area contributed by atoms with Gasteiger partial charge in [0.2, 0.25) is 0 Å². The van der Waals surface area contributed by atoms with Crippen molar-refractivity contribution in [3.63, 3.8) is 0 Å². The van der Waals surface area contributed by atoms with E-state index >= 15 is 0 Å². The number of pyridine rings is 1. The van der Waals surface area contributed by atoms with Crippen LogP contribution in [0.4, 0.5) is 0 Å². The van der Waals surface area contributed by atoms with Crippen molar-refractivity contribution in [2.45, 2.75) is 6.92 Å². The zero-order valence-electron chi connectivity index (χ0n) is 9.61. The molecular formula is C13H10IN3O. The third-order valence-corrected chi connectivity index (χ3v) is 3.36. The van der Waals surface area contributed by atoms with E-state index < -0.39 is 0 Å². The van der Waals surface area contributed by atoms with Crippen LogP contribution in [0.5, 0.6) is 5.75 Å². The first-order valence-electron chi connectivity index (χ1n) is 5.45. The second kappa shape index (κ2) is 4.24. The minimum absolute atomic E-state index is 0.214. The molecule has 1 aromatic carbocycles. The predicted octanol–water partition coefficient (Wildman–Crippen LogP) is 3.24. The van der Waals surface area contributed by atoms with Gasteiger partial charge in [0.1, 0.15) is 11.6 Å². The fraction of sp³-hybridized carbons (Fsp3) is 0.0769. The lowest BCUT2D eigenvalue weighted by molar-refractivity contribution is 0.477. The molecule has 5 heteroatoms. The fourth-order valence-corrected chi connectivity index (χ4v) is 2.32. The van der Waals surface area contributed by atoms with Crippen LogP contribution in [-0.2, 0) is 0 Å². The number of imidazole rings is 1. The van der Waals surface area contributed by atoms with Crippen molar-refractivity contribution in [1.82, 2.24) is 15.0 Å². The Labute approximate surface area is 117 Å². The van der Waals surface area contributed by atoms with E-state index in [9.17, 15) is 5.11 Å². The molecule has 0 fully saturated rings. The summed E-state index contributed by atoms with van der Waals surface area (Å²) in [4.78, 5) is 11.8. The van der Waals surface area contributed by atoms with Crippen LogP contribution in [-0.4, -0.2) is 20.1 Å². The molecule has 18 heavy (non-hydrogen) atoms. The molecule has 0 bridgehead atoms. The van der Waals surface area contributed by atoms with Gasteiger partial charge in [0.15, 0.2) is 5.65 Å². The van der Waals surface area contributed by atoms with Crippen molar-refractivity contribution in [3.05, 3.63) is 39.6 Å². The molecule has 2 N–H and O–H groups in total. The van der Waals surface area contributed by atoms with E-state index in [0.29, 0.717) is 17.0 Å². The van der Waals surface area contributed by atoms with Crippen molar-refractivity contribution in [1.29, 1.82) is 0 Å². The van der Waals surface area contributed by atoms with Gasteiger partial charge in [0.25, 0.3) is 0 Å². The Bertz CT molecular complexity index is 736. The number of aromatic hydroxyl groups is 1. The highest BCUT2D eigenvalue weighted by Crippen LogP contribution is 2.29. The minimum Gasteiger partial charge on any atom is -0.507 e. The number of phenolic OH excluding ortho intramolecular Hbond substituents is 1. The molecular weight excluding hydrogens is 341 g/mol. The molecule has 3 rings (SSSR count). The van der Waals surface area contributed by atoms with E-state index in [1.807, 2.05) is 25.1 Å². The Hall–Kier alpha value is -1.63. The van der Waals surface area contributed by atoms with Crippen LogP contribution in [0.15, 0.2) is 30.5 Å². The first-order chi connectivity index (χ1) is 8.63. The van der Waals surface area contributed by atoms with Crippen molar-refractivity contribution >= 4 is 33.8 Å². The van der Waals surface area contributed by atoms with Crippen LogP contribution in [0.25, 0.3) is 22.6 Å². The number of nitrogens with zero attached hydrogens (tertiary/aromatic N) is 2. The summed E-state index contributed by atoms with van der Waals surface area (Å²) in [7, 11) is 0. The zero-order valence-corrected chi connectivity index (χ0v) is 11.8. The summed E-state index contributed by atoms with van der Waals surface area (Å²) >= 11 is 2.20. The normalized spacial score (nSPS) is 11.0. The predicted molar refractivity (Wildman–Crippen MR) is 78.4 cm³/mol. The van der Waals surface area contributed by atoms with Gasteiger partial charge in [-0.2, -0.15) is 0 Å². The SMILES string of the molecule is Cc1cnc2nc(-c3cc(I)ccc3O)[nH]c2c1. The summed E-state index contributed by atoms with van der Waals surface area (Å²) in [5.41, 5.74) is 3.30. The molecule has 0 amide bonds. The second-order valence-corrected chi connectivity index (χ2v) is 5.38. The average Bonchev–Trinajstić information content (AvgIpc) is 2.74. The third kappa shape index (κ3) is 1.94. The number of nitrogens with one attached hydrogen (secondary N) is 1. The van der Waals surface area contributed by atoms with Crippen molar-refractivity contribution in [3.8, 4) is 17.1 Å². The Balaban J connectivity index is 2.22. The molecule has 0 unspecified atom stereocenters. The van der Waals surface area contributed by atoms with Crippen molar-refractivity contribution < 1.29 is 5.11 Å². The average molecular weight is 351 g/mol. The smallest absolute Gasteiger partial charge is 0.178 e. The quantitative estimate of drug-likeness (QED) is 0.662. The maximum atomic E-state index is 9.88. The molecule has 0 radical (unpaired) electrons. The molecule has 0 atom stereocenters. The first kappa shape index (κ1) is 11.5. The molecule has 4 nitrogen and oxygen atoms in total. The molecule has 0 saturated carbocycles. The highest BCUT2D eigenvalue weighted by molar-refractivity contribution is 14.1. The maximum absolute atomic E-state index is 9.88. The number of rotatable bonds is 1. The number of aromatic amines is 1. The number of aryl methyl sites for hydroxylation is 1. The molecule has 3 aromatic rings. The molecule has 2 aromatic heterocycles. The monoisotopic (exact) mass is 351 g/mol. The Kier molecular flexibility index (Phi) is 2.70. The highest BCUT2D eigenvalue weighted by Gasteiger charge is 2.10. The van der Waals surface area contributed by atoms with E-state index in [4.69, 9.17) is 0 Å². The fourth-order valence-electron chi connectivity index (χ4n) is 1.83. The topological polar surface area (TPSA) is 61.8 Å². The molecule has 0 saturated heterocycles. The van der Waals surface area contributed by atoms with Crippen LogP contribution in [0.2, 0.25) is 0 Å². The van der Waals surface area contributed by atoms with Gasteiger partial charge in [-0.3, -0.25) is 0 Å². The van der Waals surface area contributed by atoms with Crippen LogP contribution in [0, 0.1) is 10.5 Å². The number of fused-ring (bicyclic) bond motifs is 1.